The molecule has 0 unspecified atom stereocenters. The van der Waals surface area contributed by atoms with Crippen LogP contribution >= 0.6 is 23.4 Å². The van der Waals surface area contributed by atoms with Crippen molar-refractivity contribution in [1.82, 2.24) is 9.97 Å². The van der Waals surface area contributed by atoms with Crippen LogP contribution in [0, 0.1) is 21.4 Å². The number of nitrogens with two attached hydrogens (primary N) is 2. The summed E-state index contributed by atoms with van der Waals surface area (Å²) in [5, 5.41) is 21.2. The Balaban J connectivity index is 2.21. The van der Waals surface area contributed by atoms with Crippen LogP contribution in [-0.2, 0) is 0 Å². The Hall–Kier alpha value is -3.35. The summed E-state index contributed by atoms with van der Waals surface area (Å²) in [6.45, 7) is 0. The number of rotatable bonds is 4. The number of nitrogens with zero attached hydrogens (tertiary/aromatic N) is 4. The normalized spacial score (nSPS) is 10.4. The van der Waals surface area contributed by atoms with E-state index in [1.54, 1.807) is 18.2 Å². The van der Waals surface area contributed by atoms with Crippen molar-refractivity contribution in [2.45, 2.75) is 9.79 Å². The number of anilines is 2. The van der Waals surface area contributed by atoms with Gasteiger partial charge in [0.1, 0.15) is 17.5 Å². The van der Waals surface area contributed by atoms with Crippen LogP contribution in [0.25, 0.3) is 11.3 Å². The van der Waals surface area contributed by atoms with E-state index in [9.17, 15) is 15.4 Å². The van der Waals surface area contributed by atoms with E-state index in [-0.39, 0.29) is 28.7 Å². The Morgan fingerprint density at radius 2 is 1.85 bits per heavy atom. The standard InChI is InChI=1S/C17H11ClN6O2S/c18-9-1-4-11(5-2-9)27-14-6-3-10(24(25)26)7-12(14)15-13(8-19)16(20)23-17(21)22-15/h1-7H,(H4,20,21,22,23). The highest BCUT2D eigenvalue weighted by Crippen LogP contribution is 2.39. The molecule has 0 saturated carbocycles. The number of nitro benzene ring substituents is 1. The summed E-state index contributed by atoms with van der Waals surface area (Å²) in [7, 11) is 0. The molecule has 0 spiro atoms. The fourth-order valence-corrected chi connectivity index (χ4v) is 3.39. The van der Waals surface area contributed by atoms with Gasteiger partial charge in [-0.15, -0.1) is 0 Å². The Bertz CT molecular complexity index is 1080. The summed E-state index contributed by atoms with van der Waals surface area (Å²) < 4.78 is 0. The van der Waals surface area contributed by atoms with E-state index in [2.05, 4.69) is 9.97 Å². The summed E-state index contributed by atoms with van der Waals surface area (Å²) in [4.78, 5) is 20.1. The number of aromatic nitrogens is 2. The zero-order valence-corrected chi connectivity index (χ0v) is 15.2. The second-order valence-electron chi connectivity index (χ2n) is 5.30. The number of nitriles is 1. The molecule has 4 N–H and O–H groups in total. The molecule has 27 heavy (non-hydrogen) atoms. The van der Waals surface area contributed by atoms with Crippen molar-refractivity contribution in [3.05, 3.63) is 63.2 Å². The molecular weight excluding hydrogens is 388 g/mol. The summed E-state index contributed by atoms with van der Waals surface area (Å²) in [6, 6.07) is 13.3. The Labute approximate surface area is 163 Å². The molecule has 1 heterocycles. The third-order valence-corrected chi connectivity index (χ3v) is 4.87. The molecule has 0 atom stereocenters. The van der Waals surface area contributed by atoms with Gasteiger partial charge in [0.15, 0.2) is 0 Å². The highest BCUT2D eigenvalue weighted by molar-refractivity contribution is 7.99. The predicted molar refractivity (Wildman–Crippen MR) is 103 cm³/mol. The minimum atomic E-state index is -0.528. The maximum Gasteiger partial charge on any atom is 0.270 e. The predicted octanol–water partition coefficient (Wildman–Crippen LogP) is 3.89. The average Bonchev–Trinajstić information content (AvgIpc) is 2.63. The van der Waals surface area contributed by atoms with Crippen LogP contribution in [0.3, 0.4) is 0 Å². The molecule has 2 aromatic carbocycles. The van der Waals surface area contributed by atoms with Gasteiger partial charge in [0.25, 0.3) is 5.69 Å². The highest BCUT2D eigenvalue weighted by Gasteiger charge is 2.20. The Morgan fingerprint density at radius 3 is 2.48 bits per heavy atom. The summed E-state index contributed by atoms with van der Waals surface area (Å²) in [6.07, 6.45) is 0. The largest absolute Gasteiger partial charge is 0.382 e. The van der Waals surface area contributed by atoms with Crippen LogP contribution < -0.4 is 11.5 Å². The van der Waals surface area contributed by atoms with Gasteiger partial charge >= 0.3 is 0 Å². The van der Waals surface area contributed by atoms with E-state index in [0.717, 1.165) is 4.90 Å². The van der Waals surface area contributed by atoms with Crippen molar-refractivity contribution in [2.75, 3.05) is 11.5 Å². The topological polar surface area (TPSA) is 145 Å². The lowest BCUT2D eigenvalue weighted by molar-refractivity contribution is -0.384. The minimum absolute atomic E-state index is 0.00246. The van der Waals surface area contributed by atoms with Gasteiger partial charge in [-0.3, -0.25) is 10.1 Å². The van der Waals surface area contributed by atoms with E-state index in [1.165, 1.54) is 23.9 Å². The van der Waals surface area contributed by atoms with Crippen molar-refractivity contribution < 1.29 is 4.92 Å². The molecule has 3 aromatic rings. The summed E-state index contributed by atoms with van der Waals surface area (Å²) in [5.41, 5.74) is 11.8. The second-order valence-corrected chi connectivity index (χ2v) is 6.85. The van der Waals surface area contributed by atoms with Crippen molar-refractivity contribution in [1.29, 1.82) is 5.26 Å². The third-order valence-electron chi connectivity index (χ3n) is 3.54. The van der Waals surface area contributed by atoms with Gasteiger partial charge < -0.3 is 11.5 Å². The van der Waals surface area contributed by atoms with Crippen molar-refractivity contribution >= 4 is 40.8 Å². The van der Waals surface area contributed by atoms with Crippen LogP contribution in [0.2, 0.25) is 5.02 Å². The fourth-order valence-electron chi connectivity index (χ4n) is 2.34. The number of nitrogen functional groups attached to an aromatic ring is 2. The molecule has 10 heteroatoms. The van der Waals surface area contributed by atoms with Crippen molar-refractivity contribution in [3.63, 3.8) is 0 Å². The fraction of sp³-hybridized carbons (Fsp3) is 0. The number of halogens is 1. The Kier molecular flexibility index (Phi) is 5.12. The zero-order valence-electron chi connectivity index (χ0n) is 13.6. The van der Waals surface area contributed by atoms with Crippen molar-refractivity contribution in [2.24, 2.45) is 0 Å². The van der Waals surface area contributed by atoms with Gasteiger partial charge in [0, 0.05) is 32.5 Å². The van der Waals surface area contributed by atoms with Crippen LogP contribution in [0.4, 0.5) is 17.5 Å². The SMILES string of the molecule is N#Cc1c(N)nc(N)nc1-c1cc([N+](=O)[O-])ccc1Sc1ccc(Cl)cc1. The van der Waals surface area contributed by atoms with Gasteiger partial charge in [0.05, 0.1) is 10.6 Å². The molecular formula is C17H11ClN6O2S. The molecule has 0 fully saturated rings. The number of hydrogen-bond acceptors (Lipinski definition) is 8. The number of hydrogen-bond donors (Lipinski definition) is 2. The lowest BCUT2D eigenvalue weighted by atomic mass is 10.1. The lowest BCUT2D eigenvalue weighted by Gasteiger charge is -2.11. The van der Waals surface area contributed by atoms with Gasteiger partial charge in [-0.1, -0.05) is 23.4 Å². The molecule has 0 aliphatic carbocycles. The van der Waals surface area contributed by atoms with E-state index in [1.807, 2.05) is 18.2 Å². The quantitative estimate of drug-likeness (QED) is 0.497. The molecule has 134 valence electrons. The molecule has 0 aliphatic rings. The maximum atomic E-state index is 11.2. The first-order chi connectivity index (χ1) is 12.9. The molecule has 0 saturated heterocycles. The summed E-state index contributed by atoms with van der Waals surface area (Å²) in [5.74, 6) is -0.218. The van der Waals surface area contributed by atoms with Gasteiger partial charge in [-0.2, -0.15) is 10.2 Å². The first-order valence-electron chi connectivity index (χ1n) is 7.44. The number of non-ortho nitro benzene ring substituents is 1. The van der Waals surface area contributed by atoms with E-state index in [0.29, 0.717) is 15.5 Å². The highest BCUT2D eigenvalue weighted by atomic mass is 35.5. The van der Waals surface area contributed by atoms with E-state index in [4.69, 9.17) is 23.1 Å². The van der Waals surface area contributed by atoms with E-state index < -0.39 is 4.92 Å². The van der Waals surface area contributed by atoms with Gasteiger partial charge in [0.2, 0.25) is 5.95 Å². The van der Waals surface area contributed by atoms with Gasteiger partial charge in [-0.25, -0.2) is 4.98 Å². The second kappa shape index (κ2) is 7.49. The minimum Gasteiger partial charge on any atom is -0.382 e. The number of benzene rings is 2. The first-order valence-corrected chi connectivity index (χ1v) is 8.64. The smallest absolute Gasteiger partial charge is 0.270 e. The summed E-state index contributed by atoms with van der Waals surface area (Å²) >= 11 is 7.24. The molecule has 1 aromatic heterocycles. The zero-order chi connectivity index (χ0) is 19.6. The third kappa shape index (κ3) is 3.92. The van der Waals surface area contributed by atoms with Crippen molar-refractivity contribution in [3.8, 4) is 17.3 Å². The Morgan fingerprint density at radius 1 is 1.15 bits per heavy atom. The average molecular weight is 399 g/mol. The van der Waals surface area contributed by atoms with Crippen LogP contribution in [-0.4, -0.2) is 14.9 Å². The van der Waals surface area contributed by atoms with Crippen LogP contribution in [0.1, 0.15) is 5.56 Å². The first kappa shape index (κ1) is 18.4. The molecule has 3 rings (SSSR count). The lowest BCUT2D eigenvalue weighted by Crippen LogP contribution is -2.05. The molecule has 0 bridgehead atoms. The maximum absolute atomic E-state index is 11.2. The number of nitro groups is 1. The molecule has 8 nitrogen and oxygen atoms in total. The molecule has 0 amide bonds. The van der Waals surface area contributed by atoms with E-state index >= 15 is 0 Å². The van der Waals surface area contributed by atoms with Gasteiger partial charge in [-0.05, 0) is 30.3 Å². The molecule has 0 aliphatic heterocycles. The monoisotopic (exact) mass is 398 g/mol. The van der Waals surface area contributed by atoms with Crippen LogP contribution in [0.15, 0.2) is 52.3 Å². The molecule has 0 radical (unpaired) electrons. The van der Waals surface area contributed by atoms with Crippen LogP contribution in [0.5, 0.6) is 0 Å².